The minimum absolute atomic E-state index is 0.0551. The van der Waals surface area contributed by atoms with Gasteiger partial charge in [0.25, 0.3) is 0 Å². The van der Waals surface area contributed by atoms with Gasteiger partial charge in [-0.3, -0.25) is 0 Å². The molecule has 0 aliphatic rings. The lowest BCUT2D eigenvalue weighted by Crippen LogP contribution is -2.10. The topological polar surface area (TPSA) is 23.8 Å². The molecule has 2 unspecified atom stereocenters. The number of halogens is 1. The van der Waals surface area contributed by atoms with Crippen LogP contribution in [0.25, 0.3) is 0 Å². The third-order valence-electron chi connectivity index (χ3n) is 2.36. The maximum absolute atomic E-state index is 12.7. The quantitative estimate of drug-likeness (QED) is 0.724. The van der Waals surface area contributed by atoms with Crippen molar-refractivity contribution in [1.29, 1.82) is 5.26 Å². The third-order valence-corrected chi connectivity index (χ3v) is 3.73. The summed E-state index contributed by atoms with van der Waals surface area (Å²) >= 11 is 1.50. The van der Waals surface area contributed by atoms with Crippen LogP contribution >= 0.6 is 11.8 Å². The zero-order valence-electron chi connectivity index (χ0n) is 8.90. The van der Waals surface area contributed by atoms with Gasteiger partial charge in [-0.1, -0.05) is 20.3 Å². The molecule has 3 heteroatoms. The Hall–Kier alpha value is -1.01. The van der Waals surface area contributed by atoms with E-state index in [-0.39, 0.29) is 11.1 Å². The van der Waals surface area contributed by atoms with Crippen LogP contribution in [-0.2, 0) is 0 Å². The first-order chi connectivity index (χ1) is 7.17. The Morgan fingerprint density at radius 2 is 2.00 bits per heavy atom. The van der Waals surface area contributed by atoms with Gasteiger partial charge >= 0.3 is 0 Å². The molecule has 0 saturated carbocycles. The fourth-order valence-electron chi connectivity index (χ4n) is 1.14. The molecule has 0 aliphatic heterocycles. The van der Waals surface area contributed by atoms with Gasteiger partial charge in [0.05, 0.1) is 11.3 Å². The first kappa shape index (κ1) is 12.1. The average Bonchev–Trinajstić information content (AvgIpc) is 2.27. The van der Waals surface area contributed by atoms with E-state index in [1.54, 1.807) is 12.1 Å². The van der Waals surface area contributed by atoms with Gasteiger partial charge in [0, 0.05) is 4.90 Å². The van der Waals surface area contributed by atoms with Gasteiger partial charge in [0.1, 0.15) is 5.82 Å². The molecule has 0 saturated heterocycles. The predicted octanol–water partition coefficient (Wildman–Crippen LogP) is 3.86. The summed E-state index contributed by atoms with van der Waals surface area (Å²) in [6.07, 6.45) is 0.979. The summed E-state index contributed by atoms with van der Waals surface area (Å²) < 4.78 is 12.7. The SMILES string of the molecule is CCC(C)C(C#N)Sc1ccc(F)cc1. The van der Waals surface area contributed by atoms with E-state index in [4.69, 9.17) is 5.26 Å². The van der Waals surface area contributed by atoms with Crippen LogP contribution in [0.3, 0.4) is 0 Å². The van der Waals surface area contributed by atoms with Crippen LogP contribution in [0.5, 0.6) is 0 Å². The summed E-state index contributed by atoms with van der Waals surface area (Å²) in [7, 11) is 0. The zero-order chi connectivity index (χ0) is 11.3. The van der Waals surface area contributed by atoms with E-state index in [1.807, 2.05) is 0 Å². The van der Waals surface area contributed by atoms with Crippen molar-refractivity contribution in [2.45, 2.75) is 30.4 Å². The standard InChI is InChI=1S/C12H14FNS/c1-3-9(2)12(8-14)15-11-6-4-10(13)5-7-11/h4-7,9,12H,3H2,1-2H3. The Morgan fingerprint density at radius 1 is 1.40 bits per heavy atom. The first-order valence-electron chi connectivity index (χ1n) is 4.99. The molecule has 0 spiro atoms. The first-order valence-corrected chi connectivity index (χ1v) is 5.87. The monoisotopic (exact) mass is 223 g/mol. The minimum atomic E-state index is -0.239. The van der Waals surface area contributed by atoms with Crippen molar-refractivity contribution < 1.29 is 4.39 Å². The molecule has 0 heterocycles. The second-order valence-corrected chi connectivity index (χ2v) is 4.72. The molecule has 2 atom stereocenters. The second-order valence-electron chi connectivity index (χ2n) is 3.51. The number of benzene rings is 1. The van der Waals surface area contributed by atoms with E-state index >= 15 is 0 Å². The van der Waals surface area contributed by atoms with Crippen LogP contribution in [-0.4, -0.2) is 5.25 Å². The summed E-state index contributed by atoms with van der Waals surface area (Å²) in [6.45, 7) is 4.13. The smallest absolute Gasteiger partial charge is 0.123 e. The fourth-order valence-corrected chi connectivity index (χ4v) is 2.21. The van der Waals surface area contributed by atoms with E-state index in [0.717, 1.165) is 11.3 Å². The molecule has 1 rings (SSSR count). The van der Waals surface area contributed by atoms with E-state index in [0.29, 0.717) is 5.92 Å². The van der Waals surface area contributed by atoms with Gasteiger partial charge in [-0.25, -0.2) is 4.39 Å². The Morgan fingerprint density at radius 3 is 2.47 bits per heavy atom. The highest BCUT2D eigenvalue weighted by Gasteiger charge is 2.16. The predicted molar refractivity (Wildman–Crippen MR) is 61.1 cm³/mol. The lowest BCUT2D eigenvalue weighted by Gasteiger charge is -2.14. The largest absolute Gasteiger partial charge is 0.207 e. The van der Waals surface area contributed by atoms with Gasteiger partial charge in [0.15, 0.2) is 0 Å². The molecule has 0 fully saturated rings. The van der Waals surface area contributed by atoms with Crippen molar-refractivity contribution in [2.24, 2.45) is 5.92 Å². The molecule has 0 bridgehead atoms. The number of hydrogen-bond acceptors (Lipinski definition) is 2. The highest BCUT2D eigenvalue weighted by atomic mass is 32.2. The Balaban J connectivity index is 2.68. The van der Waals surface area contributed by atoms with Crippen molar-refractivity contribution in [3.05, 3.63) is 30.1 Å². The molecular formula is C12H14FNS. The lowest BCUT2D eigenvalue weighted by atomic mass is 10.1. The van der Waals surface area contributed by atoms with Crippen molar-refractivity contribution in [1.82, 2.24) is 0 Å². The minimum Gasteiger partial charge on any atom is -0.207 e. The number of rotatable bonds is 4. The van der Waals surface area contributed by atoms with E-state index in [1.165, 1.54) is 23.9 Å². The summed E-state index contributed by atoms with van der Waals surface area (Å²) in [5.41, 5.74) is 0. The van der Waals surface area contributed by atoms with Gasteiger partial charge in [0.2, 0.25) is 0 Å². The molecule has 1 nitrogen and oxygen atoms in total. The van der Waals surface area contributed by atoms with Gasteiger partial charge in [-0.15, -0.1) is 11.8 Å². The van der Waals surface area contributed by atoms with Gasteiger partial charge < -0.3 is 0 Å². The molecule has 0 N–H and O–H groups in total. The summed E-state index contributed by atoms with van der Waals surface area (Å²) in [4.78, 5) is 0.947. The van der Waals surface area contributed by atoms with Crippen molar-refractivity contribution in [3.63, 3.8) is 0 Å². The average molecular weight is 223 g/mol. The molecule has 1 aromatic carbocycles. The Bertz CT molecular complexity index is 342. The van der Waals surface area contributed by atoms with E-state index in [2.05, 4.69) is 19.9 Å². The number of nitrogens with zero attached hydrogens (tertiary/aromatic N) is 1. The number of thioether (sulfide) groups is 1. The molecule has 0 amide bonds. The van der Waals surface area contributed by atoms with Crippen LogP contribution in [0.1, 0.15) is 20.3 Å². The van der Waals surface area contributed by atoms with E-state index in [9.17, 15) is 4.39 Å². The molecule has 0 aliphatic carbocycles. The van der Waals surface area contributed by atoms with Crippen molar-refractivity contribution >= 4 is 11.8 Å². The molecular weight excluding hydrogens is 209 g/mol. The van der Waals surface area contributed by atoms with Crippen molar-refractivity contribution in [3.8, 4) is 6.07 Å². The Labute approximate surface area is 94.3 Å². The molecule has 80 valence electrons. The number of nitriles is 1. The maximum atomic E-state index is 12.7. The highest BCUT2D eigenvalue weighted by Crippen LogP contribution is 2.29. The molecule has 0 radical (unpaired) electrons. The zero-order valence-corrected chi connectivity index (χ0v) is 9.72. The second kappa shape index (κ2) is 5.77. The van der Waals surface area contributed by atoms with Crippen LogP contribution in [0.2, 0.25) is 0 Å². The summed E-state index contributed by atoms with van der Waals surface area (Å²) in [6, 6.07) is 8.56. The third kappa shape index (κ3) is 3.56. The maximum Gasteiger partial charge on any atom is 0.123 e. The molecule has 1 aromatic rings. The highest BCUT2D eigenvalue weighted by molar-refractivity contribution is 8.00. The van der Waals surface area contributed by atoms with Crippen LogP contribution < -0.4 is 0 Å². The summed E-state index contributed by atoms with van der Waals surface area (Å²) in [5.74, 6) is 0.112. The van der Waals surface area contributed by atoms with Crippen LogP contribution in [0.4, 0.5) is 4.39 Å². The molecule has 15 heavy (non-hydrogen) atoms. The van der Waals surface area contributed by atoms with E-state index < -0.39 is 0 Å². The summed E-state index contributed by atoms with van der Waals surface area (Å²) in [5, 5.41) is 8.94. The van der Waals surface area contributed by atoms with Gasteiger partial charge in [-0.05, 0) is 30.2 Å². The van der Waals surface area contributed by atoms with Crippen molar-refractivity contribution in [2.75, 3.05) is 0 Å². The van der Waals surface area contributed by atoms with Gasteiger partial charge in [-0.2, -0.15) is 5.26 Å². The van der Waals surface area contributed by atoms with Crippen LogP contribution in [0, 0.1) is 23.1 Å². The normalized spacial score (nSPS) is 14.3. The number of hydrogen-bond donors (Lipinski definition) is 0. The Kier molecular flexibility index (Phi) is 4.64. The fraction of sp³-hybridized carbons (Fsp3) is 0.417. The van der Waals surface area contributed by atoms with Crippen LogP contribution in [0.15, 0.2) is 29.2 Å². The molecule has 0 aromatic heterocycles. The lowest BCUT2D eigenvalue weighted by molar-refractivity contribution is 0.589.